The van der Waals surface area contributed by atoms with E-state index < -0.39 is 15.4 Å². The van der Waals surface area contributed by atoms with Crippen molar-refractivity contribution in [2.75, 3.05) is 18.9 Å². The molecule has 0 amide bonds. The van der Waals surface area contributed by atoms with E-state index in [2.05, 4.69) is 9.88 Å². The minimum Gasteiger partial charge on any atom is -0.409 e. The number of nitrogens with two attached hydrogens (primary N) is 1. The van der Waals surface area contributed by atoms with Gasteiger partial charge in [0.1, 0.15) is 5.84 Å². The van der Waals surface area contributed by atoms with Gasteiger partial charge in [-0.05, 0) is 13.8 Å². The van der Waals surface area contributed by atoms with Crippen LogP contribution in [0.25, 0.3) is 0 Å². The third kappa shape index (κ3) is 6.77. The van der Waals surface area contributed by atoms with Crippen LogP contribution in [-0.2, 0) is 14.8 Å². The van der Waals surface area contributed by atoms with Gasteiger partial charge in [-0.15, -0.1) is 0 Å². The lowest BCUT2D eigenvalue weighted by Gasteiger charge is -2.23. The van der Waals surface area contributed by atoms with Gasteiger partial charge < -0.3 is 15.7 Å². The molecular formula is C10H23N3O4S. The number of oxime groups is 1. The van der Waals surface area contributed by atoms with Crippen LogP contribution in [0.2, 0.25) is 0 Å². The first-order valence-electron chi connectivity index (χ1n) is 5.67. The lowest BCUT2D eigenvalue weighted by atomic mass is 9.93. The molecule has 0 aromatic carbocycles. The largest absolute Gasteiger partial charge is 0.409 e. The first kappa shape index (κ1) is 17.1. The van der Waals surface area contributed by atoms with Crippen LogP contribution < -0.4 is 10.5 Å². The molecule has 0 rings (SSSR count). The van der Waals surface area contributed by atoms with Crippen LogP contribution in [0.1, 0.15) is 27.7 Å². The van der Waals surface area contributed by atoms with Crippen molar-refractivity contribution in [3.8, 4) is 0 Å². The molecule has 0 saturated carbocycles. The summed E-state index contributed by atoms with van der Waals surface area (Å²) < 4.78 is 30.8. The number of nitrogens with zero attached hydrogens (tertiary/aromatic N) is 1. The van der Waals surface area contributed by atoms with Crippen molar-refractivity contribution in [2.24, 2.45) is 16.3 Å². The van der Waals surface area contributed by atoms with Crippen LogP contribution in [-0.4, -0.2) is 44.5 Å². The van der Waals surface area contributed by atoms with Crippen LogP contribution >= 0.6 is 0 Å². The van der Waals surface area contributed by atoms with E-state index in [0.29, 0.717) is 0 Å². The van der Waals surface area contributed by atoms with Gasteiger partial charge in [0.2, 0.25) is 10.0 Å². The minimum atomic E-state index is -3.42. The second-order valence-electron chi connectivity index (χ2n) is 4.93. The van der Waals surface area contributed by atoms with Crippen molar-refractivity contribution in [3.05, 3.63) is 0 Å². The maximum Gasteiger partial charge on any atom is 0.213 e. The SMILES string of the molecule is CC(C)OCCS(=O)(=O)NCC(C)(C)C(N)=NO. The Balaban J connectivity index is 4.27. The lowest BCUT2D eigenvalue weighted by Crippen LogP contribution is -2.43. The molecule has 7 nitrogen and oxygen atoms in total. The Morgan fingerprint density at radius 2 is 2.06 bits per heavy atom. The molecule has 0 heterocycles. The van der Waals surface area contributed by atoms with Gasteiger partial charge in [0.25, 0.3) is 0 Å². The molecule has 0 aliphatic rings. The van der Waals surface area contributed by atoms with Gasteiger partial charge in [-0.2, -0.15) is 0 Å². The third-order valence-corrected chi connectivity index (χ3v) is 3.63. The highest BCUT2D eigenvalue weighted by atomic mass is 32.2. The van der Waals surface area contributed by atoms with E-state index in [-0.39, 0.29) is 30.8 Å². The molecule has 0 unspecified atom stereocenters. The monoisotopic (exact) mass is 281 g/mol. The molecule has 108 valence electrons. The number of amidine groups is 1. The number of ether oxygens (including phenoxy) is 1. The summed E-state index contributed by atoms with van der Waals surface area (Å²) in [5, 5.41) is 11.4. The number of nitrogens with one attached hydrogen (secondary N) is 1. The minimum absolute atomic E-state index is 0.00573. The Morgan fingerprint density at radius 3 is 2.50 bits per heavy atom. The third-order valence-electron chi connectivity index (χ3n) is 2.34. The van der Waals surface area contributed by atoms with Crippen molar-refractivity contribution in [3.63, 3.8) is 0 Å². The summed E-state index contributed by atoms with van der Waals surface area (Å²) >= 11 is 0. The van der Waals surface area contributed by atoms with Crippen LogP contribution in [0.15, 0.2) is 5.16 Å². The predicted octanol–water partition coefficient (Wildman–Crippen LogP) is 0.103. The molecule has 0 aromatic rings. The smallest absolute Gasteiger partial charge is 0.213 e. The van der Waals surface area contributed by atoms with E-state index in [1.54, 1.807) is 13.8 Å². The van der Waals surface area contributed by atoms with E-state index >= 15 is 0 Å². The van der Waals surface area contributed by atoms with Crippen molar-refractivity contribution >= 4 is 15.9 Å². The first-order valence-corrected chi connectivity index (χ1v) is 7.33. The summed E-state index contributed by atoms with van der Waals surface area (Å²) in [6, 6.07) is 0. The molecule has 0 bridgehead atoms. The topological polar surface area (TPSA) is 114 Å². The first-order chi connectivity index (χ1) is 8.10. The standard InChI is InChI=1S/C10H23N3O4S/c1-8(2)17-5-6-18(15,16)12-7-10(3,4)9(11)13-14/h8,12,14H,5-7H2,1-4H3,(H2,11,13). The summed E-state index contributed by atoms with van der Waals surface area (Å²) in [4.78, 5) is 0. The molecule has 0 atom stereocenters. The Kier molecular flexibility index (Phi) is 6.58. The molecule has 0 radical (unpaired) electrons. The summed E-state index contributed by atoms with van der Waals surface area (Å²) in [6.07, 6.45) is -0.00573. The molecule has 0 aliphatic heterocycles. The van der Waals surface area contributed by atoms with Crippen LogP contribution in [0.4, 0.5) is 0 Å². The highest BCUT2D eigenvalue weighted by Gasteiger charge is 2.25. The Morgan fingerprint density at radius 1 is 1.50 bits per heavy atom. The van der Waals surface area contributed by atoms with Gasteiger partial charge in [0, 0.05) is 12.0 Å². The van der Waals surface area contributed by atoms with Gasteiger partial charge in [-0.25, -0.2) is 13.1 Å². The Bertz CT molecular complexity index is 377. The Hall–Kier alpha value is -0.860. The summed E-state index contributed by atoms with van der Waals surface area (Å²) in [7, 11) is -3.42. The number of rotatable bonds is 8. The van der Waals surface area contributed by atoms with Gasteiger partial charge in [-0.3, -0.25) is 0 Å². The van der Waals surface area contributed by atoms with Crippen molar-refractivity contribution in [1.29, 1.82) is 0 Å². The summed E-state index contributed by atoms with van der Waals surface area (Å²) in [5.41, 5.74) is 4.71. The molecule has 0 fully saturated rings. The molecule has 4 N–H and O–H groups in total. The Labute approximate surface area is 108 Å². The average molecular weight is 281 g/mol. The maximum absolute atomic E-state index is 11.6. The van der Waals surface area contributed by atoms with E-state index in [1.165, 1.54) is 0 Å². The van der Waals surface area contributed by atoms with E-state index in [4.69, 9.17) is 15.7 Å². The average Bonchev–Trinajstić information content (AvgIpc) is 2.25. The fourth-order valence-corrected chi connectivity index (χ4v) is 2.02. The summed E-state index contributed by atoms with van der Waals surface area (Å²) in [5.74, 6) is -0.138. The maximum atomic E-state index is 11.6. The highest BCUT2D eigenvalue weighted by molar-refractivity contribution is 7.89. The predicted molar refractivity (Wildman–Crippen MR) is 70.1 cm³/mol. The van der Waals surface area contributed by atoms with Gasteiger partial charge >= 0.3 is 0 Å². The van der Waals surface area contributed by atoms with Crippen LogP contribution in [0.5, 0.6) is 0 Å². The van der Waals surface area contributed by atoms with Gasteiger partial charge in [-0.1, -0.05) is 19.0 Å². The normalized spacial score (nSPS) is 14.2. The molecule has 8 heteroatoms. The van der Waals surface area contributed by atoms with E-state index in [9.17, 15) is 8.42 Å². The van der Waals surface area contributed by atoms with Crippen molar-refractivity contribution in [2.45, 2.75) is 33.8 Å². The van der Waals surface area contributed by atoms with Gasteiger partial charge in [0.15, 0.2) is 0 Å². The van der Waals surface area contributed by atoms with Crippen LogP contribution in [0.3, 0.4) is 0 Å². The molecule has 0 aromatic heterocycles. The fourth-order valence-electron chi connectivity index (χ4n) is 0.982. The fraction of sp³-hybridized carbons (Fsp3) is 0.900. The zero-order valence-corrected chi connectivity index (χ0v) is 12.1. The molecule has 18 heavy (non-hydrogen) atoms. The molecule has 0 spiro atoms. The quantitative estimate of drug-likeness (QED) is 0.253. The van der Waals surface area contributed by atoms with E-state index in [1.807, 2.05) is 13.8 Å². The number of sulfonamides is 1. The van der Waals surface area contributed by atoms with Crippen molar-refractivity contribution in [1.82, 2.24) is 4.72 Å². The number of hydrogen-bond donors (Lipinski definition) is 3. The van der Waals surface area contributed by atoms with Crippen LogP contribution in [0, 0.1) is 5.41 Å². The second kappa shape index (κ2) is 6.91. The van der Waals surface area contributed by atoms with Crippen molar-refractivity contribution < 1.29 is 18.4 Å². The van der Waals surface area contributed by atoms with Gasteiger partial charge in [0.05, 0.1) is 18.5 Å². The molecule has 0 saturated heterocycles. The highest BCUT2D eigenvalue weighted by Crippen LogP contribution is 2.13. The zero-order valence-electron chi connectivity index (χ0n) is 11.3. The summed E-state index contributed by atoms with van der Waals surface area (Å²) in [6.45, 7) is 7.22. The number of hydrogen-bond acceptors (Lipinski definition) is 5. The molecule has 0 aliphatic carbocycles. The second-order valence-corrected chi connectivity index (χ2v) is 6.86. The zero-order chi connectivity index (χ0) is 14.4. The molecular weight excluding hydrogens is 258 g/mol. The van der Waals surface area contributed by atoms with E-state index in [0.717, 1.165) is 0 Å². The lowest BCUT2D eigenvalue weighted by molar-refractivity contribution is 0.0911.